The van der Waals surface area contributed by atoms with Crippen molar-refractivity contribution in [2.45, 2.75) is 75.0 Å². The summed E-state index contributed by atoms with van der Waals surface area (Å²) in [6.07, 6.45) is 0.286. The Morgan fingerprint density at radius 1 is 1.08 bits per heavy atom. The normalized spacial score (nSPS) is 25.9. The van der Waals surface area contributed by atoms with Crippen molar-refractivity contribution in [2.24, 2.45) is 0 Å². The number of nitrogens with zero attached hydrogens (tertiary/aromatic N) is 5. The number of alkyl halides is 3. The molecule has 258 valence electrons. The zero-order valence-corrected chi connectivity index (χ0v) is 27.1. The molecule has 0 spiro atoms. The highest BCUT2D eigenvalue weighted by atomic mass is 19.3. The topological polar surface area (TPSA) is 92.7 Å². The van der Waals surface area contributed by atoms with Gasteiger partial charge in [0.15, 0.2) is 5.82 Å². The molecule has 0 radical (unpaired) electrons. The minimum Gasteiger partial charge on any atom is -0.461 e. The van der Waals surface area contributed by atoms with Crippen LogP contribution in [0.5, 0.6) is 6.01 Å². The van der Waals surface area contributed by atoms with Crippen molar-refractivity contribution in [3.8, 4) is 17.3 Å². The lowest BCUT2D eigenvalue weighted by Gasteiger charge is -2.43. The molecule has 4 aromatic rings. The van der Waals surface area contributed by atoms with Crippen molar-refractivity contribution >= 4 is 33.6 Å². The molecule has 49 heavy (non-hydrogen) atoms. The Labute approximate surface area is 281 Å². The van der Waals surface area contributed by atoms with Crippen LogP contribution in [0.25, 0.3) is 32.9 Å². The summed E-state index contributed by atoms with van der Waals surface area (Å²) in [5.41, 5.74) is -0.209. The maximum absolute atomic E-state index is 17.0. The number of alkyl carbamates (subject to hydrolysis) is 1. The largest absolute Gasteiger partial charge is 0.461 e. The Bertz CT molecular complexity index is 1910. The van der Waals surface area contributed by atoms with Gasteiger partial charge in [-0.1, -0.05) is 36.4 Å². The van der Waals surface area contributed by atoms with E-state index in [2.05, 4.69) is 20.2 Å². The first-order valence-electron chi connectivity index (χ1n) is 17.1. The Balaban J connectivity index is 1.29. The van der Waals surface area contributed by atoms with Gasteiger partial charge in [-0.2, -0.15) is 9.97 Å². The van der Waals surface area contributed by atoms with Gasteiger partial charge in [-0.15, -0.1) is 0 Å². The van der Waals surface area contributed by atoms with Gasteiger partial charge in [0.05, 0.1) is 23.1 Å². The van der Waals surface area contributed by atoms with Gasteiger partial charge >= 0.3 is 12.1 Å². The molecule has 13 heteroatoms. The lowest BCUT2D eigenvalue weighted by Crippen LogP contribution is -2.60. The minimum atomic E-state index is -2.70. The van der Waals surface area contributed by atoms with E-state index >= 15 is 4.39 Å². The fourth-order valence-electron chi connectivity index (χ4n) is 8.59. The second-order valence-corrected chi connectivity index (χ2v) is 14.0. The van der Waals surface area contributed by atoms with Crippen LogP contribution in [0.15, 0.2) is 42.6 Å². The number of anilines is 1. The zero-order chi connectivity index (χ0) is 33.8. The van der Waals surface area contributed by atoms with Crippen molar-refractivity contribution in [3.05, 3.63) is 54.0 Å². The lowest BCUT2D eigenvalue weighted by atomic mass is 9.85. The Hall–Kier alpha value is -4.26. The van der Waals surface area contributed by atoms with Crippen molar-refractivity contribution in [1.82, 2.24) is 25.2 Å². The summed E-state index contributed by atoms with van der Waals surface area (Å²) < 4.78 is 71.5. The molecular weight excluding hydrogens is 640 g/mol. The van der Waals surface area contributed by atoms with Crippen LogP contribution in [-0.2, 0) is 11.2 Å². The minimum absolute atomic E-state index is 0.0169. The van der Waals surface area contributed by atoms with Crippen molar-refractivity contribution in [2.75, 3.05) is 44.3 Å². The number of carbonyl (C=O) groups excluding carboxylic acids is 1. The smallest absolute Gasteiger partial charge is 0.407 e. The molecule has 5 aliphatic rings. The zero-order valence-electron chi connectivity index (χ0n) is 27.1. The molecule has 2 aromatic carbocycles. The number of pyridine rings is 1. The maximum Gasteiger partial charge on any atom is 0.407 e. The fraction of sp³-hybridized carbons (Fsp3) is 0.500. The van der Waals surface area contributed by atoms with Gasteiger partial charge in [-0.05, 0) is 61.4 Å². The first kappa shape index (κ1) is 32.0. The number of nitrogens with one attached hydrogen (secondary N) is 1. The van der Waals surface area contributed by atoms with Crippen LogP contribution in [0.4, 0.5) is 28.2 Å². The summed E-state index contributed by atoms with van der Waals surface area (Å²) in [6, 6.07) is 11.4. The average Bonchev–Trinajstić information content (AvgIpc) is 3.60. The quantitative estimate of drug-likeness (QED) is 0.236. The van der Waals surface area contributed by atoms with Gasteiger partial charge < -0.3 is 19.7 Å². The molecule has 1 N–H and O–H groups in total. The van der Waals surface area contributed by atoms with Gasteiger partial charge in [0.25, 0.3) is 0 Å². The van der Waals surface area contributed by atoms with Crippen LogP contribution < -0.4 is 15.0 Å². The molecule has 0 aliphatic carbocycles. The maximum atomic E-state index is 17.0. The van der Waals surface area contributed by atoms with Crippen LogP contribution >= 0.6 is 0 Å². The number of hydrogen-bond donors (Lipinski definition) is 1. The highest BCUT2D eigenvalue weighted by molar-refractivity contribution is 6.00. The Morgan fingerprint density at radius 2 is 1.92 bits per heavy atom. The van der Waals surface area contributed by atoms with E-state index in [0.29, 0.717) is 56.1 Å². The van der Waals surface area contributed by atoms with Gasteiger partial charge in [0.1, 0.15) is 29.8 Å². The molecule has 3 atom stereocenters. The monoisotopic (exact) mass is 678 g/mol. The van der Waals surface area contributed by atoms with Gasteiger partial charge in [-0.25, -0.2) is 22.4 Å². The van der Waals surface area contributed by atoms with Crippen molar-refractivity contribution in [1.29, 1.82) is 0 Å². The number of piperidine rings is 1. The predicted octanol–water partition coefficient (Wildman–Crippen LogP) is 6.61. The standard InChI is InChI=1S/C36H38F4N6O3/c37-24-16-36(12-5-14-46(36)19-24)21-49-33-42-31-26-18-41-30(29(31)40)25-10-2-8-22-6-1-7-23(28(22)25)9-3-15-48-34(47)44-35(17-27(38)39)11-4-13-45(20-35)32(26)43-33/h1-2,6-8,10,18,24,27H,3-5,9,11-17,19-21H2,(H,44,47)/t24-,35+,36+/m1/s1. The summed E-state index contributed by atoms with van der Waals surface area (Å²) in [7, 11) is 0. The Morgan fingerprint density at radius 3 is 2.78 bits per heavy atom. The second kappa shape index (κ2) is 12.6. The van der Waals surface area contributed by atoms with Crippen LogP contribution in [-0.4, -0.2) is 89.0 Å². The highest BCUT2D eigenvalue weighted by Gasteiger charge is 2.49. The number of aromatic nitrogens is 3. The molecule has 2 aromatic heterocycles. The highest BCUT2D eigenvalue weighted by Crippen LogP contribution is 2.42. The molecular formula is C36H38F4N6O3. The fourth-order valence-corrected chi connectivity index (χ4v) is 8.59. The summed E-state index contributed by atoms with van der Waals surface area (Å²) in [4.78, 5) is 30.9. The molecule has 5 aliphatic heterocycles. The number of amides is 1. The third-order valence-corrected chi connectivity index (χ3v) is 10.7. The van der Waals surface area contributed by atoms with E-state index in [1.54, 1.807) is 4.90 Å². The number of aryl methyl sites for hydroxylation is 1. The first-order chi connectivity index (χ1) is 23.7. The predicted molar refractivity (Wildman–Crippen MR) is 176 cm³/mol. The van der Waals surface area contributed by atoms with E-state index in [0.717, 1.165) is 35.7 Å². The molecule has 9 nitrogen and oxygen atoms in total. The average molecular weight is 679 g/mol. The molecule has 9 rings (SSSR count). The lowest BCUT2D eigenvalue weighted by molar-refractivity contribution is 0.0746. The van der Waals surface area contributed by atoms with E-state index in [4.69, 9.17) is 14.5 Å². The molecule has 3 fully saturated rings. The van der Waals surface area contributed by atoms with Crippen molar-refractivity contribution in [3.63, 3.8) is 0 Å². The van der Waals surface area contributed by atoms with Crippen LogP contribution in [0.3, 0.4) is 0 Å². The summed E-state index contributed by atoms with van der Waals surface area (Å²) >= 11 is 0. The number of carbonyl (C=O) groups is 1. The number of rotatable bonds is 5. The first-order valence-corrected chi connectivity index (χ1v) is 17.1. The Kier molecular flexibility index (Phi) is 8.20. The van der Waals surface area contributed by atoms with E-state index in [-0.39, 0.29) is 42.8 Å². The molecule has 6 bridgehead atoms. The van der Waals surface area contributed by atoms with Gasteiger partial charge in [0.2, 0.25) is 6.43 Å². The van der Waals surface area contributed by atoms with E-state index < -0.39 is 42.0 Å². The van der Waals surface area contributed by atoms with Crippen LogP contribution in [0, 0.1) is 5.82 Å². The summed E-state index contributed by atoms with van der Waals surface area (Å²) in [5, 5.41) is 4.79. The van der Waals surface area contributed by atoms with Crippen molar-refractivity contribution < 1.29 is 31.8 Å². The molecule has 1 amide bonds. The third kappa shape index (κ3) is 5.89. The van der Waals surface area contributed by atoms with Crippen LogP contribution in [0.2, 0.25) is 0 Å². The molecule has 0 saturated carbocycles. The van der Waals surface area contributed by atoms with Crippen LogP contribution in [0.1, 0.15) is 50.5 Å². The van der Waals surface area contributed by atoms with Gasteiger partial charge in [0, 0.05) is 44.2 Å². The second-order valence-electron chi connectivity index (χ2n) is 14.0. The summed E-state index contributed by atoms with van der Waals surface area (Å²) in [6.45, 7) is 1.72. The number of halogens is 4. The van der Waals surface area contributed by atoms with E-state index in [1.165, 1.54) is 6.20 Å². The third-order valence-electron chi connectivity index (χ3n) is 10.7. The SMILES string of the molecule is O=C1N[C@]2(CC(F)F)CCCN(C2)c2nc(OC[C@@]34CCCN3C[C@H](F)C4)nc3c(F)c(ncc23)-c2cccc3cccc(c23)CCCO1. The molecule has 3 saturated heterocycles. The molecule has 0 unspecified atom stereocenters. The number of benzene rings is 2. The number of hydrogen-bond acceptors (Lipinski definition) is 8. The van der Waals surface area contributed by atoms with Gasteiger partial charge in [-0.3, -0.25) is 9.88 Å². The van der Waals surface area contributed by atoms with E-state index in [1.807, 2.05) is 36.4 Å². The summed E-state index contributed by atoms with van der Waals surface area (Å²) in [5.74, 6) is -0.389. The number of ether oxygens (including phenoxy) is 2. The molecule has 7 heterocycles. The number of fused-ring (bicyclic) bond motifs is 7. The van der Waals surface area contributed by atoms with E-state index in [9.17, 15) is 18.0 Å².